The minimum absolute atomic E-state index is 0.333. The highest BCUT2D eigenvalue weighted by atomic mass is 16.4. The van der Waals surface area contributed by atoms with Gasteiger partial charge in [-0.05, 0) is 30.5 Å². The molecule has 22 heavy (non-hydrogen) atoms. The molecule has 0 radical (unpaired) electrons. The molecule has 0 aliphatic heterocycles. The quantitative estimate of drug-likeness (QED) is 0.774. The maximum absolute atomic E-state index is 11.7. The van der Waals surface area contributed by atoms with Gasteiger partial charge in [0, 0.05) is 10.9 Å². The lowest BCUT2D eigenvalue weighted by Crippen LogP contribution is -2.04. The fraction of sp³-hybridized carbons (Fsp3) is 0.158. The van der Waals surface area contributed by atoms with E-state index in [1.54, 1.807) is 0 Å². The van der Waals surface area contributed by atoms with E-state index in [0.717, 1.165) is 17.7 Å². The maximum atomic E-state index is 11.7. The lowest BCUT2D eigenvalue weighted by molar-refractivity contribution is 0.0698. The van der Waals surface area contributed by atoms with E-state index in [2.05, 4.69) is 24.0 Å². The monoisotopic (exact) mass is 291 g/mol. The van der Waals surface area contributed by atoms with Crippen molar-refractivity contribution in [3.05, 3.63) is 65.2 Å². The van der Waals surface area contributed by atoms with Crippen LogP contribution < -0.4 is 0 Å². The lowest BCUT2D eigenvalue weighted by atomic mass is 9.97. The van der Waals surface area contributed by atoms with Crippen LogP contribution in [0.5, 0.6) is 0 Å². The number of aromatic carboxylic acids is 1. The van der Waals surface area contributed by atoms with Gasteiger partial charge in [0.25, 0.3) is 0 Å². The zero-order valence-electron chi connectivity index (χ0n) is 12.6. The lowest BCUT2D eigenvalue weighted by Gasteiger charge is -2.12. The molecule has 0 spiro atoms. The van der Waals surface area contributed by atoms with Gasteiger partial charge in [-0.15, -0.1) is 0 Å². The van der Waals surface area contributed by atoms with E-state index < -0.39 is 5.97 Å². The molecule has 0 unspecified atom stereocenters. The number of hydrogen-bond donors (Lipinski definition) is 1. The van der Waals surface area contributed by atoms with E-state index in [1.165, 1.54) is 5.56 Å². The third-order valence-corrected chi connectivity index (χ3v) is 3.99. The molecule has 3 aromatic rings. The second-order valence-electron chi connectivity index (χ2n) is 5.33. The number of carboxylic acid groups (broad SMARTS) is 1. The van der Waals surface area contributed by atoms with Crippen LogP contribution in [0.15, 0.2) is 48.5 Å². The summed E-state index contributed by atoms with van der Waals surface area (Å²) in [6.45, 7) is 3.93. The van der Waals surface area contributed by atoms with E-state index in [1.807, 2.05) is 43.3 Å². The van der Waals surface area contributed by atoms with E-state index in [0.29, 0.717) is 22.0 Å². The number of carbonyl (C=O) groups is 1. The number of hydrogen-bond acceptors (Lipinski definition) is 2. The molecule has 3 rings (SSSR count). The molecule has 0 amide bonds. The Balaban J connectivity index is 2.29. The summed E-state index contributed by atoms with van der Waals surface area (Å²) in [6, 6.07) is 15.5. The number of benzene rings is 2. The van der Waals surface area contributed by atoms with Gasteiger partial charge >= 0.3 is 5.97 Å². The highest BCUT2D eigenvalue weighted by Gasteiger charge is 2.17. The van der Waals surface area contributed by atoms with E-state index in [9.17, 15) is 9.90 Å². The molecule has 0 fully saturated rings. The Hall–Kier alpha value is -2.68. The predicted octanol–water partition coefficient (Wildman–Crippen LogP) is 4.47. The van der Waals surface area contributed by atoms with Crippen LogP contribution in [0.1, 0.15) is 28.4 Å². The number of nitrogens with zero attached hydrogens (tertiary/aromatic N) is 1. The van der Waals surface area contributed by atoms with Gasteiger partial charge in [-0.25, -0.2) is 9.78 Å². The summed E-state index contributed by atoms with van der Waals surface area (Å²) in [5, 5.41) is 10.3. The summed E-state index contributed by atoms with van der Waals surface area (Å²) in [6.07, 6.45) is 0.977. The zero-order chi connectivity index (χ0) is 15.7. The van der Waals surface area contributed by atoms with Gasteiger partial charge in [0.05, 0.1) is 16.8 Å². The highest BCUT2D eigenvalue weighted by Crippen LogP contribution is 2.29. The minimum Gasteiger partial charge on any atom is -0.478 e. The zero-order valence-corrected chi connectivity index (χ0v) is 12.6. The van der Waals surface area contributed by atoms with Gasteiger partial charge in [0.1, 0.15) is 0 Å². The van der Waals surface area contributed by atoms with Crippen molar-refractivity contribution in [2.24, 2.45) is 0 Å². The van der Waals surface area contributed by atoms with Crippen LogP contribution in [0.4, 0.5) is 0 Å². The molecular weight excluding hydrogens is 274 g/mol. The molecule has 0 saturated carbocycles. The molecule has 3 nitrogen and oxygen atoms in total. The van der Waals surface area contributed by atoms with Crippen LogP contribution in [0, 0.1) is 6.92 Å². The molecule has 0 atom stereocenters. The molecule has 0 aliphatic carbocycles. The molecular formula is C19H17NO2. The molecule has 0 aliphatic rings. The van der Waals surface area contributed by atoms with Crippen LogP contribution >= 0.6 is 0 Å². The second-order valence-corrected chi connectivity index (χ2v) is 5.33. The number of aryl methyl sites for hydroxylation is 1. The van der Waals surface area contributed by atoms with Gasteiger partial charge in [0.15, 0.2) is 0 Å². The molecule has 1 aromatic heterocycles. The summed E-state index contributed by atoms with van der Waals surface area (Å²) < 4.78 is 0. The summed E-state index contributed by atoms with van der Waals surface area (Å²) in [5.74, 6) is -0.914. The van der Waals surface area contributed by atoms with Crippen molar-refractivity contribution < 1.29 is 9.90 Å². The first-order valence-corrected chi connectivity index (χ1v) is 7.33. The molecule has 3 heteroatoms. The molecule has 1 N–H and O–H groups in total. The number of aromatic nitrogens is 1. The van der Waals surface area contributed by atoms with Crippen molar-refractivity contribution in [3.63, 3.8) is 0 Å². The van der Waals surface area contributed by atoms with Crippen LogP contribution in [-0.2, 0) is 6.42 Å². The van der Waals surface area contributed by atoms with E-state index >= 15 is 0 Å². The smallest absolute Gasteiger partial charge is 0.336 e. The van der Waals surface area contributed by atoms with Gasteiger partial charge in [-0.1, -0.05) is 49.4 Å². The Morgan fingerprint density at radius 1 is 1.09 bits per heavy atom. The van der Waals surface area contributed by atoms with Crippen molar-refractivity contribution in [1.82, 2.24) is 4.98 Å². The SMILES string of the molecule is CCc1ccc(-c2nc3ccccc3c(C(=O)O)c2C)cc1. The van der Waals surface area contributed by atoms with Crippen LogP contribution in [0.25, 0.3) is 22.2 Å². The van der Waals surface area contributed by atoms with Crippen LogP contribution in [0.3, 0.4) is 0 Å². The molecule has 110 valence electrons. The third kappa shape index (κ3) is 2.35. The first kappa shape index (κ1) is 14.3. The molecule has 0 bridgehead atoms. The van der Waals surface area contributed by atoms with Gasteiger partial charge in [-0.2, -0.15) is 0 Å². The second kappa shape index (κ2) is 5.60. The Kier molecular flexibility index (Phi) is 3.63. The molecule has 1 heterocycles. The highest BCUT2D eigenvalue weighted by molar-refractivity contribution is 6.05. The third-order valence-electron chi connectivity index (χ3n) is 3.99. The Morgan fingerprint density at radius 2 is 1.77 bits per heavy atom. The standard InChI is InChI=1S/C19H17NO2/c1-3-13-8-10-14(11-9-13)18-12(2)17(19(21)22)15-6-4-5-7-16(15)20-18/h4-11H,3H2,1-2H3,(H,21,22). The first-order valence-electron chi connectivity index (χ1n) is 7.33. The minimum atomic E-state index is -0.914. The predicted molar refractivity (Wildman–Crippen MR) is 88.3 cm³/mol. The average molecular weight is 291 g/mol. The topological polar surface area (TPSA) is 50.2 Å². The fourth-order valence-corrected chi connectivity index (χ4v) is 2.76. The maximum Gasteiger partial charge on any atom is 0.336 e. The Morgan fingerprint density at radius 3 is 2.41 bits per heavy atom. The summed E-state index contributed by atoms with van der Waals surface area (Å²) in [4.78, 5) is 16.4. The van der Waals surface area contributed by atoms with Gasteiger partial charge in [-0.3, -0.25) is 0 Å². The van der Waals surface area contributed by atoms with Crippen LogP contribution in [0.2, 0.25) is 0 Å². The first-order chi connectivity index (χ1) is 10.6. The van der Waals surface area contributed by atoms with Gasteiger partial charge < -0.3 is 5.11 Å². The molecule has 2 aromatic carbocycles. The van der Waals surface area contributed by atoms with Crippen LogP contribution in [-0.4, -0.2) is 16.1 Å². The summed E-state index contributed by atoms with van der Waals surface area (Å²) in [7, 11) is 0. The van der Waals surface area contributed by atoms with Crippen molar-refractivity contribution in [1.29, 1.82) is 0 Å². The number of para-hydroxylation sites is 1. The number of fused-ring (bicyclic) bond motifs is 1. The molecule has 0 saturated heterocycles. The van der Waals surface area contributed by atoms with E-state index in [4.69, 9.17) is 0 Å². The normalized spacial score (nSPS) is 10.8. The largest absolute Gasteiger partial charge is 0.478 e. The summed E-state index contributed by atoms with van der Waals surface area (Å²) >= 11 is 0. The average Bonchev–Trinajstić information content (AvgIpc) is 2.54. The number of rotatable bonds is 3. The van der Waals surface area contributed by atoms with Crippen molar-refractivity contribution >= 4 is 16.9 Å². The number of carboxylic acids is 1. The van der Waals surface area contributed by atoms with Crippen molar-refractivity contribution in [2.45, 2.75) is 20.3 Å². The fourth-order valence-electron chi connectivity index (χ4n) is 2.76. The van der Waals surface area contributed by atoms with Crippen molar-refractivity contribution in [2.75, 3.05) is 0 Å². The Labute approximate surface area is 129 Å². The number of pyridine rings is 1. The Bertz CT molecular complexity index is 851. The van der Waals surface area contributed by atoms with E-state index in [-0.39, 0.29) is 0 Å². The van der Waals surface area contributed by atoms with Gasteiger partial charge in [0.2, 0.25) is 0 Å². The van der Waals surface area contributed by atoms with Crippen molar-refractivity contribution in [3.8, 4) is 11.3 Å². The summed E-state index contributed by atoms with van der Waals surface area (Å²) in [5.41, 5.74) is 4.68.